The smallest absolute Gasteiger partial charge is 0.407 e. The summed E-state index contributed by atoms with van der Waals surface area (Å²) in [6, 6.07) is 14.2. The first-order chi connectivity index (χ1) is 15.7. The van der Waals surface area contributed by atoms with Gasteiger partial charge in [-0.25, -0.2) is 9.59 Å². The Balaban J connectivity index is 1.67. The first-order valence-corrected chi connectivity index (χ1v) is 11.3. The zero-order valence-electron chi connectivity index (χ0n) is 19.5. The van der Waals surface area contributed by atoms with Gasteiger partial charge in [0, 0.05) is 5.92 Å². The molecule has 33 heavy (non-hydrogen) atoms. The summed E-state index contributed by atoms with van der Waals surface area (Å²) >= 11 is 0. The minimum atomic E-state index is -1.11. The molecule has 1 aliphatic carbocycles. The lowest BCUT2D eigenvalue weighted by Gasteiger charge is -2.24. The van der Waals surface area contributed by atoms with Gasteiger partial charge in [0.25, 0.3) is 0 Å². The van der Waals surface area contributed by atoms with Crippen molar-refractivity contribution >= 4 is 18.0 Å². The van der Waals surface area contributed by atoms with Crippen molar-refractivity contribution in [2.45, 2.75) is 52.1 Å². The Bertz CT molecular complexity index is 972. The van der Waals surface area contributed by atoms with Gasteiger partial charge in [0.2, 0.25) is 5.91 Å². The molecular formula is C26H32N2O5. The molecule has 0 fully saturated rings. The molecule has 7 nitrogen and oxygen atoms in total. The number of carboxylic acids is 1. The molecule has 1 aliphatic rings. The minimum Gasteiger partial charge on any atom is -0.480 e. The van der Waals surface area contributed by atoms with Gasteiger partial charge in [0.1, 0.15) is 18.7 Å². The molecule has 0 saturated carbocycles. The van der Waals surface area contributed by atoms with E-state index in [4.69, 9.17) is 4.74 Å². The molecule has 0 heterocycles. The second kappa shape index (κ2) is 10.5. The van der Waals surface area contributed by atoms with Crippen molar-refractivity contribution in [2.24, 2.45) is 11.8 Å². The molecule has 176 valence electrons. The van der Waals surface area contributed by atoms with Crippen LogP contribution in [0.4, 0.5) is 4.79 Å². The van der Waals surface area contributed by atoms with Crippen molar-refractivity contribution in [1.82, 2.24) is 10.6 Å². The van der Waals surface area contributed by atoms with Gasteiger partial charge in [0.15, 0.2) is 0 Å². The Morgan fingerprint density at radius 1 is 0.909 bits per heavy atom. The first kappa shape index (κ1) is 24.3. The van der Waals surface area contributed by atoms with Gasteiger partial charge in [-0.2, -0.15) is 0 Å². The number of ether oxygens (including phenoxy) is 1. The Kier molecular flexibility index (Phi) is 7.74. The standard InChI is InChI=1S/C26H32N2O5/c1-15(2)13-22(24(29)28-23(16(3)4)25(30)31)27-26(32)33-14-21-19-11-7-5-9-17(19)18-10-6-8-12-20(18)21/h5-12,15-16,21-23H,13-14H2,1-4H3,(H,27,32)(H,28,29)(H,30,31)/t22?,23-/m1/s1. The SMILES string of the molecule is CC(C)CC(NC(=O)OCC1c2ccccc2-c2ccccc21)C(=O)N[C@@H](C(=O)O)C(C)C. The van der Waals surface area contributed by atoms with Gasteiger partial charge < -0.3 is 20.5 Å². The summed E-state index contributed by atoms with van der Waals surface area (Å²) in [5, 5.41) is 14.6. The Hall–Kier alpha value is -3.35. The van der Waals surface area contributed by atoms with E-state index in [1.54, 1.807) is 13.8 Å². The molecule has 3 rings (SSSR count). The average molecular weight is 453 g/mol. The van der Waals surface area contributed by atoms with Crippen LogP contribution in [-0.2, 0) is 14.3 Å². The number of hydrogen-bond acceptors (Lipinski definition) is 4. The normalized spacial score (nSPS) is 14.4. The summed E-state index contributed by atoms with van der Waals surface area (Å²) < 4.78 is 5.56. The molecule has 0 saturated heterocycles. The minimum absolute atomic E-state index is 0.0853. The maximum atomic E-state index is 12.8. The van der Waals surface area contributed by atoms with Crippen LogP contribution in [0.3, 0.4) is 0 Å². The third-order valence-corrected chi connectivity index (χ3v) is 5.89. The van der Waals surface area contributed by atoms with Crippen LogP contribution in [0, 0.1) is 11.8 Å². The molecule has 3 N–H and O–H groups in total. The number of carboxylic acid groups (broad SMARTS) is 1. The number of carbonyl (C=O) groups is 3. The zero-order chi connectivity index (χ0) is 24.1. The van der Waals surface area contributed by atoms with Crippen LogP contribution in [0.1, 0.15) is 51.2 Å². The predicted molar refractivity (Wildman–Crippen MR) is 126 cm³/mol. The zero-order valence-corrected chi connectivity index (χ0v) is 19.5. The molecule has 2 aromatic carbocycles. The lowest BCUT2D eigenvalue weighted by Crippen LogP contribution is -2.53. The largest absolute Gasteiger partial charge is 0.480 e. The van der Waals surface area contributed by atoms with Crippen molar-refractivity contribution in [1.29, 1.82) is 0 Å². The van der Waals surface area contributed by atoms with Crippen molar-refractivity contribution in [3.63, 3.8) is 0 Å². The molecule has 0 aromatic heterocycles. The van der Waals surface area contributed by atoms with E-state index in [9.17, 15) is 19.5 Å². The molecule has 7 heteroatoms. The van der Waals surface area contributed by atoms with Gasteiger partial charge in [-0.1, -0.05) is 76.2 Å². The van der Waals surface area contributed by atoms with E-state index in [2.05, 4.69) is 22.8 Å². The molecule has 0 spiro atoms. The third kappa shape index (κ3) is 5.72. The van der Waals surface area contributed by atoms with Gasteiger partial charge >= 0.3 is 12.1 Å². The second-order valence-electron chi connectivity index (χ2n) is 9.22. The molecule has 2 amide bonds. The third-order valence-electron chi connectivity index (χ3n) is 5.89. The fraction of sp³-hybridized carbons (Fsp3) is 0.423. The first-order valence-electron chi connectivity index (χ1n) is 11.3. The molecule has 1 unspecified atom stereocenters. The van der Waals surface area contributed by atoms with E-state index >= 15 is 0 Å². The van der Waals surface area contributed by atoms with Crippen molar-refractivity contribution in [3.05, 3.63) is 59.7 Å². The quantitative estimate of drug-likeness (QED) is 0.530. The monoisotopic (exact) mass is 452 g/mol. The summed E-state index contributed by atoms with van der Waals surface area (Å²) in [6.45, 7) is 7.43. The number of amides is 2. The van der Waals surface area contributed by atoms with Gasteiger partial charge in [-0.15, -0.1) is 0 Å². The number of benzene rings is 2. The van der Waals surface area contributed by atoms with Crippen molar-refractivity contribution < 1.29 is 24.2 Å². The van der Waals surface area contributed by atoms with E-state index in [1.165, 1.54) is 0 Å². The van der Waals surface area contributed by atoms with Crippen LogP contribution in [-0.4, -0.2) is 41.8 Å². The topological polar surface area (TPSA) is 105 Å². The summed E-state index contributed by atoms with van der Waals surface area (Å²) in [6.07, 6.45) is -0.338. The van der Waals surface area contributed by atoms with Crippen molar-refractivity contribution in [3.8, 4) is 11.1 Å². The predicted octanol–water partition coefficient (Wildman–Crippen LogP) is 4.17. The highest BCUT2D eigenvalue weighted by atomic mass is 16.5. The van der Waals surface area contributed by atoms with Gasteiger partial charge in [-0.05, 0) is 40.5 Å². The molecular weight excluding hydrogens is 420 g/mol. The Morgan fingerprint density at radius 2 is 1.45 bits per heavy atom. The van der Waals surface area contributed by atoms with Crippen LogP contribution in [0.5, 0.6) is 0 Å². The van der Waals surface area contributed by atoms with Crippen LogP contribution < -0.4 is 10.6 Å². The van der Waals surface area contributed by atoms with E-state index in [0.717, 1.165) is 22.3 Å². The lowest BCUT2D eigenvalue weighted by atomic mass is 9.98. The molecule has 0 bridgehead atoms. The fourth-order valence-corrected chi connectivity index (χ4v) is 4.25. The van der Waals surface area contributed by atoms with Crippen LogP contribution in [0.15, 0.2) is 48.5 Å². The van der Waals surface area contributed by atoms with E-state index in [1.807, 2.05) is 50.2 Å². The highest BCUT2D eigenvalue weighted by Gasteiger charge is 2.31. The highest BCUT2D eigenvalue weighted by Crippen LogP contribution is 2.44. The molecule has 2 aromatic rings. The van der Waals surface area contributed by atoms with Crippen molar-refractivity contribution in [2.75, 3.05) is 6.61 Å². The number of fused-ring (bicyclic) bond motifs is 3. The second-order valence-corrected chi connectivity index (χ2v) is 9.22. The average Bonchev–Trinajstić information content (AvgIpc) is 3.08. The molecule has 2 atom stereocenters. The van der Waals surface area contributed by atoms with Crippen LogP contribution >= 0.6 is 0 Å². The fourth-order valence-electron chi connectivity index (χ4n) is 4.25. The summed E-state index contributed by atoms with van der Waals surface area (Å²) in [7, 11) is 0. The number of alkyl carbamates (subject to hydrolysis) is 1. The summed E-state index contributed by atoms with van der Waals surface area (Å²) in [4.78, 5) is 36.9. The molecule has 0 aliphatic heterocycles. The van der Waals surface area contributed by atoms with Gasteiger partial charge in [0.05, 0.1) is 0 Å². The Morgan fingerprint density at radius 3 is 1.94 bits per heavy atom. The van der Waals surface area contributed by atoms with E-state index < -0.39 is 30.1 Å². The highest BCUT2D eigenvalue weighted by molar-refractivity contribution is 5.89. The van der Waals surface area contributed by atoms with Gasteiger partial charge in [-0.3, -0.25) is 4.79 Å². The van der Waals surface area contributed by atoms with Crippen LogP contribution in [0.2, 0.25) is 0 Å². The van der Waals surface area contributed by atoms with E-state index in [0.29, 0.717) is 6.42 Å². The number of hydrogen-bond donors (Lipinski definition) is 3. The van der Waals surface area contributed by atoms with Crippen LogP contribution in [0.25, 0.3) is 11.1 Å². The van der Waals surface area contributed by atoms with E-state index in [-0.39, 0.29) is 24.4 Å². The lowest BCUT2D eigenvalue weighted by molar-refractivity contribution is -0.143. The summed E-state index contributed by atoms with van der Waals surface area (Å²) in [5.41, 5.74) is 4.47. The maximum absolute atomic E-state index is 12.8. The molecule has 0 radical (unpaired) electrons. The maximum Gasteiger partial charge on any atom is 0.407 e. The number of aliphatic carboxylic acids is 1. The summed E-state index contributed by atoms with van der Waals surface area (Å²) in [5.74, 6) is -1.91. The number of carbonyl (C=O) groups excluding carboxylic acids is 2. The Labute approximate surface area is 194 Å². The number of nitrogens with one attached hydrogen (secondary N) is 2. The number of rotatable bonds is 9.